The lowest BCUT2D eigenvalue weighted by atomic mass is 9.99. The summed E-state index contributed by atoms with van der Waals surface area (Å²) in [5.41, 5.74) is 1.22. The molecule has 0 saturated heterocycles. The Morgan fingerprint density at radius 2 is 1.76 bits per heavy atom. The predicted octanol–water partition coefficient (Wildman–Crippen LogP) is 2.64. The van der Waals surface area contributed by atoms with Crippen LogP contribution in [0.3, 0.4) is 0 Å². The molecule has 4 rings (SSSR count). The average molecular weight is 337 g/mol. The highest BCUT2D eigenvalue weighted by Gasteiger charge is 2.36. The van der Waals surface area contributed by atoms with E-state index >= 15 is 0 Å². The first-order valence-corrected chi connectivity index (χ1v) is 7.72. The van der Waals surface area contributed by atoms with Crippen molar-refractivity contribution in [2.24, 2.45) is 0 Å². The van der Waals surface area contributed by atoms with E-state index in [1.807, 2.05) is 0 Å². The van der Waals surface area contributed by atoms with Gasteiger partial charge in [-0.25, -0.2) is 0 Å². The summed E-state index contributed by atoms with van der Waals surface area (Å²) in [7, 11) is 3.08. The third kappa shape index (κ3) is 2.26. The molecule has 1 unspecified atom stereocenters. The number of hydrogen-bond acceptors (Lipinski definition) is 5. The fourth-order valence-electron chi connectivity index (χ4n) is 3.14. The van der Waals surface area contributed by atoms with Crippen molar-refractivity contribution in [3.63, 3.8) is 0 Å². The lowest BCUT2D eigenvalue weighted by molar-refractivity contribution is 0.0938. The monoisotopic (exact) mass is 337 g/mol. The van der Waals surface area contributed by atoms with Crippen molar-refractivity contribution >= 4 is 16.9 Å². The zero-order chi connectivity index (χ0) is 17.6. The van der Waals surface area contributed by atoms with E-state index in [2.05, 4.69) is 5.32 Å². The number of amides is 1. The number of nitrogens with one attached hydrogen (secondary N) is 1. The van der Waals surface area contributed by atoms with Gasteiger partial charge in [0.1, 0.15) is 5.58 Å². The van der Waals surface area contributed by atoms with Gasteiger partial charge < -0.3 is 19.2 Å². The molecule has 3 aromatic rings. The predicted molar refractivity (Wildman–Crippen MR) is 91.3 cm³/mol. The minimum atomic E-state index is -0.594. The first-order chi connectivity index (χ1) is 12.1. The number of benzene rings is 2. The van der Waals surface area contributed by atoms with Gasteiger partial charge in [0.25, 0.3) is 5.91 Å². The Kier molecular flexibility index (Phi) is 3.46. The first kappa shape index (κ1) is 15.3. The van der Waals surface area contributed by atoms with Crippen molar-refractivity contribution < 1.29 is 18.7 Å². The van der Waals surface area contributed by atoms with E-state index in [1.165, 1.54) is 7.11 Å². The van der Waals surface area contributed by atoms with E-state index in [-0.39, 0.29) is 11.2 Å². The molecular weight excluding hydrogens is 322 g/mol. The van der Waals surface area contributed by atoms with Gasteiger partial charge in [0.05, 0.1) is 31.2 Å². The smallest absolute Gasteiger partial charge is 0.288 e. The standard InChI is InChI=1S/C19H15NO5/c1-23-13-8-7-10(9-14(13)24-2)16-15-17(21)11-5-3-4-6-12(11)25-18(15)19(22)20-16/h3-9,16H,1-2H3,(H,20,22). The summed E-state index contributed by atoms with van der Waals surface area (Å²) in [4.78, 5) is 25.2. The summed E-state index contributed by atoms with van der Waals surface area (Å²) in [6.07, 6.45) is 0. The average Bonchev–Trinajstić information content (AvgIpc) is 2.98. The van der Waals surface area contributed by atoms with Crippen molar-refractivity contribution in [3.05, 3.63) is 69.6 Å². The van der Waals surface area contributed by atoms with E-state index in [4.69, 9.17) is 13.9 Å². The van der Waals surface area contributed by atoms with Gasteiger partial charge >= 0.3 is 0 Å². The molecule has 1 aromatic heterocycles. The Morgan fingerprint density at radius 1 is 1.00 bits per heavy atom. The highest BCUT2D eigenvalue weighted by Crippen LogP contribution is 2.35. The van der Waals surface area contributed by atoms with Gasteiger partial charge in [0, 0.05) is 0 Å². The van der Waals surface area contributed by atoms with E-state index in [1.54, 1.807) is 49.6 Å². The maximum atomic E-state index is 12.9. The number of ether oxygens (including phenoxy) is 2. The van der Waals surface area contributed by atoms with Crippen molar-refractivity contribution in [2.75, 3.05) is 14.2 Å². The Bertz CT molecular complexity index is 1050. The Hall–Kier alpha value is -3.28. The lowest BCUT2D eigenvalue weighted by Gasteiger charge is -2.14. The van der Waals surface area contributed by atoms with Gasteiger partial charge in [-0.15, -0.1) is 0 Å². The molecule has 1 amide bonds. The summed E-state index contributed by atoms with van der Waals surface area (Å²) in [6, 6.07) is 11.6. The van der Waals surface area contributed by atoms with Crippen LogP contribution in [0.15, 0.2) is 51.7 Å². The fourth-order valence-corrected chi connectivity index (χ4v) is 3.14. The number of carbonyl (C=O) groups is 1. The minimum absolute atomic E-state index is 0.0588. The van der Waals surface area contributed by atoms with Gasteiger partial charge in [-0.3, -0.25) is 9.59 Å². The second-order valence-corrected chi connectivity index (χ2v) is 5.69. The maximum absolute atomic E-state index is 12.9. The fraction of sp³-hybridized carbons (Fsp3) is 0.158. The van der Waals surface area contributed by atoms with E-state index in [0.717, 1.165) is 0 Å². The van der Waals surface area contributed by atoms with Gasteiger partial charge in [-0.2, -0.15) is 0 Å². The highest BCUT2D eigenvalue weighted by atomic mass is 16.5. The van der Waals surface area contributed by atoms with Crippen LogP contribution >= 0.6 is 0 Å². The van der Waals surface area contributed by atoms with Crippen LogP contribution in [-0.2, 0) is 0 Å². The molecule has 25 heavy (non-hydrogen) atoms. The zero-order valence-electron chi connectivity index (χ0n) is 13.7. The molecule has 1 N–H and O–H groups in total. The van der Waals surface area contributed by atoms with Crippen LogP contribution in [0, 0.1) is 0 Å². The van der Waals surface area contributed by atoms with E-state index in [9.17, 15) is 9.59 Å². The van der Waals surface area contributed by atoms with E-state index < -0.39 is 11.9 Å². The summed E-state index contributed by atoms with van der Waals surface area (Å²) < 4.78 is 16.2. The molecule has 126 valence electrons. The molecule has 1 atom stereocenters. The minimum Gasteiger partial charge on any atom is -0.493 e. The molecular formula is C19H15NO5. The van der Waals surface area contributed by atoms with Crippen LogP contribution in [0.5, 0.6) is 11.5 Å². The van der Waals surface area contributed by atoms with Gasteiger partial charge in [0.2, 0.25) is 5.76 Å². The largest absolute Gasteiger partial charge is 0.493 e. The quantitative estimate of drug-likeness (QED) is 0.795. The van der Waals surface area contributed by atoms with Crippen molar-refractivity contribution in [3.8, 4) is 11.5 Å². The number of hydrogen-bond donors (Lipinski definition) is 1. The number of fused-ring (bicyclic) bond motifs is 2. The summed E-state index contributed by atoms with van der Waals surface area (Å²) in [5, 5.41) is 3.26. The van der Waals surface area contributed by atoms with Crippen LogP contribution in [0.1, 0.15) is 27.7 Å². The van der Waals surface area contributed by atoms with Crippen LogP contribution in [0.2, 0.25) is 0 Å². The molecule has 1 aliphatic rings. The summed E-state index contributed by atoms with van der Waals surface area (Å²) in [6.45, 7) is 0. The molecule has 0 aliphatic carbocycles. The topological polar surface area (TPSA) is 77.8 Å². The molecule has 1 aliphatic heterocycles. The zero-order valence-corrected chi connectivity index (χ0v) is 13.7. The Morgan fingerprint density at radius 3 is 2.52 bits per heavy atom. The Labute approximate surface area is 143 Å². The SMILES string of the molecule is COc1ccc(C2NC(=O)c3oc4ccccc4c(=O)c32)cc1OC. The first-order valence-electron chi connectivity index (χ1n) is 7.72. The second kappa shape index (κ2) is 5.66. The molecule has 2 heterocycles. The van der Waals surface area contributed by atoms with Crippen molar-refractivity contribution in [2.45, 2.75) is 6.04 Å². The van der Waals surface area contributed by atoms with Gasteiger partial charge in [-0.05, 0) is 29.8 Å². The van der Waals surface area contributed by atoms with Crippen LogP contribution < -0.4 is 20.2 Å². The molecule has 2 aromatic carbocycles. The molecule has 0 bridgehead atoms. The van der Waals surface area contributed by atoms with Gasteiger partial charge in [-0.1, -0.05) is 18.2 Å². The summed E-state index contributed by atoms with van der Waals surface area (Å²) in [5.74, 6) is 0.746. The van der Waals surface area contributed by atoms with Gasteiger partial charge in [0.15, 0.2) is 16.9 Å². The Balaban J connectivity index is 1.93. The number of para-hydroxylation sites is 1. The lowest BCUT2D eigenvalue weighted by Crippen LogP contribution is -2.22. The highest BCUT2D eigenvalue weighted by molar-refractivity contribution is 5.98. The number of rotatable bonds is 3. The molecule has 6 heteroatoms. The third-order valence-electron chi connectivity index (χ3n) is 4.34. The van der Waals surface area contributed by atoms with E-state index in [0.29, 0.717) is 33.6 Å². The molecule has 0 spiro atoms. The normalized spacial score (nSPS) is 15.8. The molecule has 0 fully saturated rings. The summed E-state index contributed by atoms with van der Waals surface area (Å²) >= 11 is 0. The van der Waals surface area contributed by atoms with Crippen molar-refractivity contribution in [1.82, 2.24) is 5.32 Å². The second-order valence-electron chi connectivity index (χ2n) is 5.69. The number of carbonyl (C=O) groups excluding carboxylic acids is 1. The van der Waals surface area contributed by atoms with Crippen LogP contribution in [-0.4, -0.2) is 20.1 Å². The maximum Gasteiger partial charge on any atom is 0.288 e. The van der Waals surface area contributed by atoms with Crippen molar-refractivity contribution in [1.29, 1.82) is 0 Å². The van der Waals surface area contributed by atoms with Crippen LogP contribution in [0.25, 0.3) is 11.0 Å². The number of methoxy groups -OCH3 is 2. The molecule has 0 radical (unpaired) electrons. The molecule has 6 nitrogen and oxygen atoms in total. The third-order valence-corrected chi connectivity index (χ3v) is 4.34. The molecule has 0 saturated carbocycles. The van der Waals surface area contributed by atoms with Crippen LogP contribution in [0.4, 0.5) is 0 Å².